The minimum Gasteiger partial charge on any atom is -0.496 e. The van der Waals surface area contributed by atoms with E-state index in [1.54, 1.807) is 37.6 Å². The van der Waals surface area contributed by atoms with Crippen LogP contribution in [0.2, 0.25) is 0 Å². The number of nitrogens with zero attached hydrogens (tertiary/aromatic N) is 5. The van der Waals surface area contributed by atoms with Crippen molar-refractivity contribution in [3.63, 3.8) is 0 Å². The van der Waals surface area contributed by atoms with Gasteiger partial charge in [0.25, 0.3) is 11.8 Å². The third kappa shape index (κ3) is 6.39. The molecule has 1 spiro atoms. The minimum atomic E-state index is -1.04. The molecular weight excluding hydrogens is 704 g/mol. The summed E-state index contributed by atoms with van der Waals surface area (Å²) in [7, 11) is 5.12. The summed E-state index contributed by atoms with van der Waals surface area (Å²) >= 11 is 0. The minimum absolute atomic E-state index is 0.000849. The number of carbonyl (C=O) groups is 5. The number of benzene rings is 2. The van der Waals surface area contributed by atoms with Crippen molar-refractivity contribution in [2.24, 2.45) is 5.41 Å². The summed E-state index contributed by atoms with van der Waals surface area (Å²) in [6.45, 7) is 3.59. The zero-order chi connectivity index (χ0) is 38.6. The smallest absolute Gasteiger partial charge is 0.262 e. The first-order chi connectivity index (χ1) is 26.5. The molecular formula is C41H40N6O8. The van der Waals surface area contributed by atoms with Crippen LogP contribution in [0.4, 0.5) is 0 Å². The Morgan fingerprint density at radius 3 is 2.47 bits per heavy atom. The molecule has 2 atom stereocenters. The molecule has 2 N–H and O–H groups in total. The lowest BCUT2D eigenvalue weighted by molar-refractivity contribution is -0.141. The van der Waals surface area contributed by atoms with Gasteiger partial charge < -0.3 is 24.4 Å². The van der Waals surface area contributed by atoms with E-state index in [1.807, 2.05) is 36.3 Å². The predicted molar refractivity (Wildman–Crippen MR) is 197 cm³/mol. The van der Waals surface area contributed by atoms with Crippen LogP contribution in [0.15, 0.2) is 55.0 Å². The summed E-state index contributed by atoms with van der Waals surface area (Å²) in [5, 5.41) is 12.9. The number of methoxy groups -OCH3 is 2. The number of aromatic nitrogens is 1. The molecule has 5 aliphatic rings. The molecule has 3 aromatic rings. The first-order valence-electron chi connectivity index (χ1n) is 18.1. The topological polar surface area (TPSA) is 162 Å². The molecule has 0 bridgehead atoms. The van der Waals surface area contributed by atoms with Crippen LogP contribution in [0.25, 0.3) is 5.57 Å². The summed E-state index contributed by atoms with van der Waals surface area (Å²) in [4.78, 5) is 74.2. The van der Waals surface area contributed by atoms with E-state index in [0.29, 0.717) is 36.7 Å². The molecule has 1 aromatic heterocycles. The van der Waals surface area contributed by atoms with Crippen molar-refractivity contribution in [3.8, 4) is 23.3 Å². The van der Waals surface area contributed by atoms with E-state index in [9.17, 15) is 29.1 Å². The summed E-state index contributed by atoms with van der Waals surface area (Å²) in [6, 6.07) is 9.51. The Balaban J connectivity index is 0.883. The zero-order valence-electron chi connectivity index (χ0n) is 30.8. The molecule has 2 unspecified atom stereocenters. The molecule has 3 fully saturated rings. The van der Waals surface area contributed by atoms with Gasteiger partial charge in [0.1, 0.15) is 17.5 Å². The predicted octanol–water partition coefficient (Wildman–Crippen LogP) is 2.30. The monoisotopic (exact) mass is 744 g/mol. The van der Waals surface area contributed by atoms with Gasteiger partial charge in [-0.3, -0.25) is 44.1 Å². The van der Waals surface area contributed by atoms with Crippen LogP contribution in [-0.2, 0) is 20.9 Å². The number of nitrogens with one attached hydrogen (secondary N) is 1. The lowest BCUT2D eigenvalue weighted by Gasteiger charge is -2.48. The van der Waals surface area contributed by atoms with Crippen molar-refractivity contribution in [1.82, 2.24) is 29.9 Å². The van der Waals surface area contributed by atoms with Gasteiger partial charge in [0, 0.05) is 80.4 Å². The molecule has 6 heterocycles. The summed E-state index contributed by atoms with van der Waals surface area (Å²) in [6.07, 6.45) is 5.62. The lowest BCUT2D eigenvalue weighted by Crippen LogP contribution is -2.59. The Labute approximate surface area is 317 Å². The average Bonchev–Trinajstić information content (AvgIpc) is 3.70. The third-order valence-electron chi connectivity index (χ3n) is 11.3. The van der Waals surface area contributed by atoms with E-state index in [2.05, 4.69) is 27.0 Å². The van der Waals surface area contributed by atoms with Gasteiger partial charge in [0.15, 0.2) is 6.23 Å². The van der Waals surface area contributed by atoms with Gasteiger partial charge in [0.05, 0.1) is 37.3 Å². The number of rotatable bonds is 7. The number of likely N-dealkylation sites (tertiary alicyclic amines) is 2. The number of carbonyl (C=O) groups excluding carboxylic acids is 5. The van der Waals surface area contributed by atoms with Crippen LogP contribution in [0, 0.1) is 17.3 Å². The highest BCUT2D eigenvalue weighted by Crippen LogP contribution is 2.44. The number of ether oxygens (including phenoxy) is 2. The SMILES string of the molecule is COc1cc(C2=CN(C)C(O)c3cnccc32)cc(OC)c1CN1CCC2(C1)CN(C(=O)CC#Cc1ccc3c(c1)C(=O)N(C1CCC(=O)NC1=O)C3=O)C2. The fraction of sp³-hybridized carbons (Fsp3) is 0.366. The number of aliphatic hydroxyl groups excluding tert-OH is 1. The molecule has 282 valence electrons. The second-order valence-electron chi connectivity index (χ2n) is 14.8. The maximum absolute atomic E-state index is 13.1. The molecule has 0 aliphatic carbocycles. The number of pyridine rings is 1. The van der Waals surface area contributed by atoms with Gasteiger partial charge in [-0.05, 0) is 66.9 Å². The van der Waals surface area contributed by atoms with Crippen LogP contribution >= 0.6 is 0 Å². The van der Waals surface area contributed by atoms with Crippen molar-refractivity contribution < 1.29 is 38.6 Å². The highest BCUT2D eigenvalue weighted by molar-refractivity contribution is 6.23. The molecule has 5 amide bonds. The zero-order valence-corrected chi connectivity index (χ0v) is 30.8. The Morgan fingerprint density at radius 2 is 1.75 bits per heavy atom. The lowest BCUT2D eigenvalue weighted by atomic mass is 9.79. The van der Waals surface area contributed by atoms with Gasteiger partial charge in [-0.2, -0.15) is 0 Å². The van der Waals surface area contributed by atoms with E-state index < -0.39 is 35.9 Å². The summed E-state index contributed by atoms with van der Waals surface area (Å²) < 4.78 is 11.8. The maximum atomic E-state index is 13.1. The average molecular weight is 745 g/mol. The molecule has 8 rings (SSSR count). The van der Waals surface area contributed by atoms with Gasteiger partial charge in [-0.15, -0.1) is 0 Å². The van der Waals surface area contributed by atoms with Crippen LogP contribution in [0.5, 0.6) is 11.5 Å². The largest absolute Gasteiger partial charge is 0.496 e. The molecule has 3 saturated heterocycles. The normalized spacial score (nSPS) is 21.4. The van der Waals surface area contributed by atoms with Gasteiger partial charge in [-0.25, -0.2) is 0 Å². The van der Waals surface area contributed by atoms with Crippen LogP contribution in [-0.4, -0.2) is 113 Å². The first-order valence-corrected chi connectivity index (χ1v) is 18.1. The second-order valence-corrected chi connectivity index (χ2v) is 14.8. The van der Waals surface area contributed by atoms with Crippen molar-refractivity contribution in [2.75, 3.05) is 47.4 Å². The van der Waals surface area contributed by atoms with E-state index >= 15 is 0 Å². The Morgan fingerprint density at radius 1 is 1.00 bits per heavy atom. The molecule has 14 nitrogen and oxygen atoms in total. The van der Waals surface area contributed by atoms with E-state index in [0.717, 1.165) is 52.2 Å². The number of piperidine rings is 1. The van der Waals surface area contributed by atoms with Crippen LogP contribution < -0.4 is 14.8 Å². The van der Waals surface area contributed by atoms with Crippen molar-refractivity contribution in [3.05, 3.63) is 93.9 Å². The highest BCUT2D eigenvalue weighted by atomic mass is 16.5. The van der Waals surface area contributed by atoms with Gasteiger partial charge in [0.2, 0.25) is 17.7 Å². The fourth-order valence-electron chi connectivity index (χ4n) is 8.41. The molecule has 55 heavy (non-hydrogen) atoms. The summed E-state index contributed by atoms with van der Waals surface area (Å²) in [5.74, 6) is 4.94. The second kappa shape index (κ2) is 14.0. The Hall–Kier alpha value is -6.04. The number of imide groups is 2. The first kappa shape index (κ1) is 36.0. The number of aliphatic hydroxyl groups is 1. The summed E-state index contributed by atoms with van der Waals surface area (Å²) in [5.41, 5.74) is 5.19. The molecule has 2 aromatic carbocycles. The maximum Gasteiger partial charge on any atom is 0.262 e. The van der Waals surface area contributed by atoms with Gasteiger partial charge in [-0.1, -0.05) is 11.8 Å². The Bertz CT molecular complexity index is 2230. The highest BCUT2D eigenvalue weighted by Gasteiger charge is 2.49. The standard InChI is InChI=1S/C41H40N6O8/c1-44-19-30(26-11-13-42-18-29(26)38(44)51)25-16-33(54-2)31(34(17-25)55-3)20-45-14-12-41(21-45)22-46(23-41)36(49)6-4-5-24-7-8-27-28(15-24)40(53)47(39(27)52)32-9-10-35(48)43-37(32)50/h7-8,11,13,15-19,32,38,51H,6,9-10,12,14,20-23H2,1-3H3,(H,43,48,50). The van der Waals surface area contributed by atoms with Crippen molar-refractivity contribution >= 4 is 35.1 Å². The molecule has 0 radical (unpaired) electrons. The quantitative estimate of drug-likeness (QED) is 0.270. The third-order valence-corrected chi connectivity index (χ3v) is 11.3. The molecule has 0 saturated carbocycles. The van der Waals surface area contributed by atoms with Crippen molar-refractivity contribution in [1.29, 1.82) is 0 Å². The fourth-order valence-corrected chi connectivity index (χ4v) is 8.41. The molecule has 14 heteroatoms. The number of hydrogen-bond acceptors (Lipinski definition) is 11. The number of amides is 5. The van der Waals surface area contributed by atoms with Crippen LogP contribution in [0.1, 0.15) is 80.4 Å². The number of fused-ring (bicyclic) bond motifs is 2. The Kier molecular flexibility index (Phi) is 9.14. The van der Waals surface area contributed by atoms with E-state index in [1.165, 1.54) is 12.1 Å². The van der Waals surface area contributed by atoms with Crippen LogP contribution in [0.3, 0.4) is 0 Å². The van der Waals surface area contributed by atoms with Gasteiger partial charge >= 0.3 is 0 Å². The van der Waals surface area contributed by atoms with E-state index in [4.69, 9.17) is 9.47 Å². The molecule has 5 aliphatic heterocycles. The number of hydrogen-bond donors (Lipinski definition) is 2. The van der Waals surface area contributed by atoms with E-state index in [-0.39, 0.29) is 41.7 Å². The van der Waals surface area contributed by atoms with Crippen molar-refractivity contribution in [2.45, 2.75) is 44.5 Å².